The molecular formula is C18H23N5O2. The van der Waals surface area contributed by atoms with Gasteiger partial charge in [0, 0.05) is 23.9 Å². The summed E-state index contributed by atoms with van der Waals surface area (Å²) in [5.41, 5.74) is 1.93. The molecule has 1 saturated carbocycles. The van der Waals surface area contributed by atoms with E-state index in [1.807, 2.05) is 25.5 Å². The molecule has 2 aliphatic rings. The third kappa shape index (κ3) is 2.72. The normalized spacial score (nSPS) is 22.2. The number of hydrogen-bond acceptors (Lipinski definition) is 5. The number of hydrogen-bond donors (Lipinski definition) is 2. The number of aliphatic hydroxyl groups excluding tert-OH is 1. The number of anilines is 1. The number of carbonyl (C=O) groups is 1. The highest BCUT2D eigenvalue weighted by molar-refractivity contribution is 5.93. The van der Waals surface area contributed by atoms with Crippen molar-refractivity contribution in [1.29, 1.82) is 0 Å². The third-order valence-corrected chi connectivity index (χ3v) is 5.32. The molecule has 2 aromatic rings. The molecule has 0 aliphatic heterocycles. The minimum atomic E-state index is -0.485. The third-order valence-electron chi connectivity index (χ3n) is 5.32. The molecule has 2 aromatic heterocycles. The maximum Gasteiger partial charge on any atom is 0.231 e. The Morgan fingerprint density at radius 1 is 1.44 bits per heavy atom. The summed E-state index contributed by atoms with van der Waals surface area (Å²) in [4.78, 5) is 21.2. The second kappa shape index (κ2) is 5.62. The summed E-state index contributed by atoms with van der Waals surface area (Å²) in [5, 5.41) is 17.2. The van der Waals surface area contributed by atoms with Crippen molar-refractivity contribution >= 4 is 11.7 Å². The standard InChI is InChI=1S/C18H23N5O2/c1-18(2,3)13(9-24)17(25)21-16-12-7-10-6-11(10)15(12)23(22-16)14-8-19-4-5-20-14/h4-5,8,10-11,13,24H,6-7,9H2,1-3H3,(H,21,22,25)/t10-,11-,13?/m0/s1. The van der Waals surface area contributed by atoms with Crippen molar-refractivity contribution in [1.82, 2.24) is 19.7 Å². The SMILES string of the molecule is CC(C)(C)C(CO)C(=O)Nc1nn(-c2cnccn2)c2c1C[C@@H]1C[C@H]21. The minimum Gasteiger partial charge on any atom is -0.396 e. The molecule has 2 N–H and O–H groups in total. The van der Waals surface area contributed by atoms with Crippen molar-refractivity contribution in [3.8, 4) is 5.82 Å². The van der Waals surface area contributed by atoms with Crippen LogP contribution in [0.4, 0.5) is 5.82 Å². The molecule has 1 amide bonds. The maximum atomic E-state index is 12.7. The van der Waals surface area contributed by atoms with Gasteiger partial charge in [0.25, 0.3) is 0 Å². The van der Waals surface area contributed by atoms with Gasteiger partial charge in [0.2, 0.25) is 5.91 Å². The Kier molecular flexibility index (Phi) is 3.64. The number of rotatable bonds is 4. The predicted octanol–water partition coefficient (Wildman–Crippen LogP) is 1.91. The smallest absolute Gasteiger partial charge is 0.231 e. The minimum absolute atomic E-state index is 0.187. The first-order valence-corrected chi connectivity index (χ1v) is 8.70. The average molecular weight is 341 g/mol. The van der Waals surface area contributed by atoms with Crippen molar-refractivity contribution in [2.24, 2.45) is 17.3 Å². The predicted molar refractivity (Wildman–Crippen MR) is 92.4 cm³/mol. The summed E-state index contributed by atoms with van der Waals surface area (Å²) in [6.07, 6.45) is 7.07. The molecule has 132 valence electrons. The Bertz CT molecular complexity index is 809. The lowest BCUT2D eigenvalue weighted by molar-refractivity contribution is -0.124. The van der Waals surface area contributed by atoms with Gasteiger partial charge in [-0.15, -0.1) is 5.10 Å². The highest BCUT2D eigenvalue weighted by Gasteiger charge is 2.50. The van der Waals surface area contributed by atoms with Crippen LogP contribution >= 0.6 is 0 Å². The molecule has 0 aromatic carbocycles. The van der Waals surface area contributed by atoms with Crippen molar-refractivity contribution in [2.45, 2.75) is 39.5 Å². The van der Waals surface area contributed by atoms with Gasteiger partial charge >= 0.3 is 0 Å². The molecule has 4 rings (SSSR count). The number of nitrogens with one attached hydrogen (secondary N) is 1. The molecule has 0 bridgehead atoms. The molecule has 7 nitrogen and oxygen atoms in total. The Morgan fingerprint density at radius 3 is 2.88 bits per heavy atom. The van der Waals surface area contributed by atoms with Crippen LogP contribution in [0.25, 0.3) is 5.82 Å². The molecular weight excluding hydrogens is 318 g/mol. The van der Waals surface area contributed by atoms with Crippen LogP contribution in [0.3, 0.4) is 0 Å². The van der Waals surface area contributed by atoms with Gasteiger partial charge in [-0.05, 0) is 24.2 Å². The molecule has 7 heteroatoms. The zero-order valence-corrected chi connectivity index (χ0v) is 14.7. The van der Waals surface area contributed by atoms with Crippen molar-refractivity contribution < 1.29 is 9.90 Å². The molecule has 25 heavy (non-hydrogen) atoms. The average Bonchev–Trinajstić information content (AvgIpc) is 3.08. The van der Waals surface area contributed by atoms with E-state index in [0.29, 0.717) is 23.5 Å². The van der Waals surface area contributed by atoms with Crippen LogP contribution in [-0.2, 0) is 11.2 Å². The zero-order chi connectivity index (χ0) is 17.8. The summed E-state index contributed by atoms with van der Waals surface area (Å²) in [6.45, 7) is 5.66. The number of aliphatic hydroxyl groups is 1. The van der Waals surface area contributed by atoms with E-state index < -0.39 is 5.92 Å². The van der Waals surface area contributed by atoms with Gasteiger partial charge in [-0.2, -0.15) is 0 Å². The molecule has 3 atom stereocenters. The van der Waals surface area contributed by atoms with Crippen LogP contribution in [-0.4, -0.2) is 37.4 Å². The number of nitrogens with zero attached hydrogens (tertiary/aromatic N) is 4. The summed E-state index contributed by atoms with van der Waals surface area (Å²) in [6, 6.07) is 0. The van der Waals surface area contributed by atoms with Gasteiger partial charge in [-0.3, -0.25) is 9.78 Å². The molecule has 2 aliphatic carbocycles. The Balaban J connectivity index is 1.68. The van der Waals surface area contributed by atoms with E-state index in [-0.39, 0.29) is 17.9 Å². The Labute approximate surface area is 146 Å². The van der Waals surface area contributed by atoms with Gasteiger partial charge in [0.1, 0.15) is 0 Å². The van der Waals surface area contributed by atoms with E-state index in [0.717, 1.165) is 17.7 Å². The van der Waals surface area contributed by atoms with Crippen molar-refractivity contribution in [3.63, 3.8) is 0 Å². The molecule has 0 radical (unpaired) electrons. The van der Waals surface area contributed by atoms with E-state index in [4.69, 9.17) is 0 Å². The second-order valence-electron chi connectivity index (χ2n) is 8.08. The topological polar surface area (TPSA) is 92.9 Å². The maximum absolute atomic E-state index is 12.7. The van der Waals surface area contributed by atoms with Crippen LogP contribution in [0.1, 0.15) is 44.4 Å². The first kappa shape index (κ1) is 16.2. The van der Waals surface area contributed by atoms with Crippen LogP contribution in [0.5, 0.6) is 0 Å². The Morgan fingerprint density at radius 2 is 2.24 bits per heavy atom. The lowest BCUT2D eigenvalue weighted by Crippen LogP contribution is -2.36. The summed E-state index contributed by atoms with van der Waals surface area (Å²) in [7, 11) is 0. The van der Waals surface area contributed by atoms with Crippen LogP contribution in [0.2, 0.25) is 0 Å². The Hall–Kier alpha value is -2.28. The molecule has 0 saturated heterocycles. The molecule has 2 heterocycles. The number of fused-ring (bicyclic) bond motifs is 3. The summed E-state index contributed by atoms with van der Waals surface area (Å²) in [5.74, 6) is 1.75. The lowest BCUT2D eigenvalue weighted by Gasteiger charge is -2.27. The van der Waals surface area contributed by atoms with E-state index in [2.05, 4.69) is 20.4 Å². The lowest BCUT2D eigenvalue weighted by atomic mass is 9.80. The van der Waals surface area contributed by atoms with E-state index in [1.165, 1.54) is 6.42 Å². The molecule has 0 spiro atoms. The van der Waals surface area contributed by atoms with Gasteiger partial charge in [0.05, 0.1) is 24.4 Å². The fourth-order valence-corrected chi connectivity index (χ4v) is 3.75. The number of aromatic nitrogens is 4. The monoisotopic (exact) mass is 341 g/mol. The van der Waals surface area contributed by atoms with Gasteiger partial charge in [0.15, 0.2) is 11.6 Å². The molecule has 1 fully saturated rings. The van der Waals surface area contributed by atoms with Crippen molar-refractivity contribution in [2.75, 3.05) is 11.9 Å². The van der Waals surface area contributed by atoms with Gasteiger partial charge < -0.3 is 10.4 Å². The van der Waals surface area contributed by atoms with E-state index in [9.17, 15) is 9.90 Å². The summed E-state index contributed by atoms with van der Waals surface area (Å²) < 4.78 is 1.82. The van der Waals surface area contributed by atoms with Crippen LogP contribution in [0, 0.1) is 17.3 Å². The van der Waals surface area contributed by atoms with Crippen LogP contribution in [0.15, 0.2) is 18.6 Å². The number of amides is 1. The number of carbonyl (C=O) groups excluding carboxylic acids is 1. The van der Waals surface area contributed by atoms with E-state index in [1.54, 1.807) is 18.6 Å². The molecule has 1 unspecified atom stereocenters. The first-order valence-electron chi connectivity index (χ1n) is 8.70. The first-order chi connectivity index (χ1) is 11.9. The van der Waals surface area contributed by atoms with Gasteiger partial charge in [-0.25, -0.2) is 9.67 Å². The van der Waals surface area contributed by atoms with Gasteiger partial charge in [-0.1, -0.05) is 20.8 Å². The zero-order valence-electron chi connectivity index (χ0n) is 14.7. The highest BCUT2D eigenvalue weighted by Crippen LogP contribution is 2.58. The van der Waals surface area contributed by atoms with Crippen molar-refractivity contribution in [3.05, 3.63) is 29.8 Å². The highest BCUT2D eigenvalue weighted by atomic mass is 16.3. The van der Waals surface area contributed by atoms with E-state index >= 15 is 0 Å². The largest absolute Gasteiger partial charge is 0.396 e. The fraction of sp³-hybridized carbons (Fsp3) is 0.556. The second-order valence-corrected chi connectivity index (χ2v) is 8.08. The van der Waals surface area contributed by atoms with Crippen LogP contribution < -0.4 is 5.32 Å². The summed E-state index contributed by atoms with van der Waals surface area (Å²) >= 11 is 0. The fourth-order valence-electron chi connectivity index (χ4n) is 3.75. The quantitative estimate of drug-likeness (QED) is 0.886.